The maximum atomic E-state index is 12.6. The van der Waals surface area contributed by atoms with Crippen molar-refractivity contribution in [3.05, 3.63) is 65.2 Å². The summed E-state index contributed by atoms with van der Waals surface area (Å²) in [7, 11) is 0. The number of halogens is 1. The van der Waals surface area contributed by atoms with E-state index in [-0.39, 0.29) is 11.9 Å². The second-order valence-corrected chi connectivity index (χ2v) is 6.07. The molecule has 3 nitrogen and oxygen atoms in total. The Balaban J connectivity index is 1.70. The maximum Gasteiger partial charge on any atom is 0.254 e. The molecule has 114 valence electrons. The highest BCUT2D eigenvalue weighted by Gasteiger charge is 2.28. The lowest BCUT2D eigenvalue weighted by Gasteiger charge is -2.41. The highest BCUT2D eigenvalue weighted by Crippen LogP contribution is 2.20. The Morgan fingerprint density at radius 1 is 1.05 bits per heavy atom. The number of nitrogens with zero attached hydrogens (tertiary/aromatic N) is 2. The zero-order chi connectivity index (χ0) is 15.5. The molecule has 4 heteroatoms. The van der Waals surface area contributed by atoms with E-state index in [9.17, 15) is 4.79 Å². The summed E-state index contributed by atoms with van der Waals surface area (Å²) in [6.45, 7) is 4.54. The highest BCUT2D eigenvalue weighted by molar-refractivity contribution is 6.30. The molecule has 0 unspecified atom stereocenters. The van der Waals surface area contributed by atoms with Crippen molar-refractivity contribution in [2.75, 3.05) is 24.5 Å². The number of hydrogen-bond donors (Lipinski definition) is 0. The molecule has 2 aromatic carbocycles. The number of amides is 1. The molecular formula is C18H19ClN2O. The van der Waals surface area contributed by atoms with Gasteiger partial charge in [0.2, 0.25) is 0 Å². The Labute approximate surface area is 136 Å². The van der Waals surface area contributed by atoms with Gasteiger partial charge in [-0.1, -0.05) is 29.8 Å². The SMILES string of the molecule is C[C@@H]1CN(c2ccccc2)CCN1C(=O)c1ccc(Cl)cc1. The predicted molar refractivity (Wildman–Crippen MR) is 90.6 cm³/mol. The minimum Gasteiger partial charge on any atom is -0.368 e. The third-order valence-corrected chi connectivity index (χ3v) is 4.35. The molecule has 0 N–H and O–H groups in total. The summed E-state index contributed by atoms with van der Waals surface area (Å²) in [6.07, 6.45) is 0. The van der Waals surface area contributed by atoms with Crippen LogP contribution >= 0.6 is 11.6 Å². The molecule has 3 rings (SSSR count). The summed E-state index contributed by atoms with van der Waals surface area (Å²) in [6, 6.07) is 17.6. The van der Waals surface area contributed by atoms with Gasteiger partial charge in [0.15, 0.2) is 0 Å². The Hall–Kier alpha value is -2.00. The van der Waals surface area contributed by atoms with Crippen molar-refractivity contribution in [1.82, 2.24) is 4.90 Å². The third-order valence-electron chi connectivity index (χ3n) is 4.10. The van der Waals surface area contributed by atoms with Crippen LogP contribution in [0.4, 0.5) is 5.69 Å². The van der Waals surface area contributed by atoms with E-state index in [0.29, 0.717) is 10.6 Å². The van der Waals surface area contributed by atoms with Gasteiger partial charge in [-0.25, -0.2) is 0 Å². The minimum atomic E-state index is 0.0804. The Kier molecular flexibility index (Phi) is 4.34. The van der Waals surface area contributed by atoms with Crippen LogP contribution in [0.1, 0.15) is 17.3 Å². The van der Waals surface area contributed by atoms with Crippen molar-refractivity contribution in [2.24, 2.45) is 0 Å². The predicted octanol–water partition coefficient (Wildman–Crippen LogP) is 3.69. The topological polar surface area (TPSA) is 23.6 Å². The first-order chi connectivity index (χ1) is 10.6. The second kappa shape index (κ2) is 6.41. The quantitative estimate of drug-likeness (QED) is 0.844. The molecule has 22 heavy (non-hydrogen) atoms. The summed E-state index contributed by atoms with van der Waals surface area (Å²) < 4.78 is 0. The zero-order valence-corrected chi connectivity index (χ0v) is 13.3. The van der Waals surface area contributed by atoms with Crippen LogP contribution in [0, 0.1) is 0 Å². The molecule has 1 aliphatic heterocycles. The van der Waals surface area contributed by atoms with Gasteiger partial charge in [0.25, 0.3) is 5.91 Å². The van der Waals surface area contributed by atoms with E-state index in [0.717, 1.165) is 19.6 Å². The van der Waals surface area contributed by atoms with Crippen molar-refractivity contribution in [1.29, 1.82) is 0 Å². The molecule has 0 bridgehead atoms. The maximum absolute atomic E-state index is 12.6. The fourth-order valence-electron chi connectivity index (χ4n) is 2.89. The van der Waals surface area contributed by atoms with E-state index in [1.807, 2.05) is 23.1 Å². The molecule has 0 saturated carbocycles. The number of para-hydroxylation sites is 1. The number of piperazine rings is 1. The lowest BCUT2D eigenvalue weighted by atomic mass is 10.1. The molecule has 1 aliphatic rings. The summed E-state index contributed by atoms with van der Waals surface area (Å²) in [5, 5.41) is 0.651. The van der Waals surface area contributed by atoms with Crippen molar-refractivity contribution in [3.63, 3.8) is 0 Å². The van der Waals surface area contributed by atoms with Crippen molar-refractivity contribution >= 4 is 23.2 Å². The number of carbonyl (C=O) groups excluding carboxylic acids is 1. The van der Waals surface area contributed by atoms with Crippen LogP contribution in [0.25, 0.3) is 0 Å². The molecular weight excluding hydrogens is 296 g/mol. The molecule has 1 heterocycles. The molecule has 1 atom stereocenters. The smallest absolute Gasteiger partial charge is 0.254 e. The van der Waals surface area contributed by atoms with Crippen molar-refractivity contribution in [2.45, 2.75) is 13.0 Å². The van der Waals surface area contributed by atoms with E-state index in [1.165, 1.54) is 5.69 Å². The zero-order valence-electron chi connectivity index (χ0n) is 12.6. The van der Waals surface area contributed by atoms with Gasteiger partial charge < -0.3 is 9.80 Å². The van der Waals surface area contributed by atoms with E-state index in [1.54, 1.807) is 24.3 Å². The lowest BCUT2D eigenvalue weighted by molar-refractivity contribution is 0.0674. The van der Waals surface area contributed by atoms with E-state index in [4.69, 9.17) is 11.6 Å². The summed E-state index contributed by atoms with van der Waals surface area (Å²) >= 11 is 5.89. The van der Waals surface area contributed by atoms with Gasteiger partial charge in [-0.15, -0.1) is 0 Å². The number of anilines is 1. The van der Waals surface area contributed by atoms with Gasteiger partial charge in [-0.2, -0.15) is 0 Å². The lowest BCUT2D eigenvalue weighted by Crippen LogP contribution is -2.54. The molecule has 0 radical (unpaired) electrons. The van der Waals surface area contributed by atoms with Crippen LogP contribution in [0.15, 0.2) is 54.6 Å². The number of benzene rings is 2. The van der Waals surface area contributed by atoms with Crippen LogP contribution in [-0.2, 0) is 0 Å². The molecule has 0 aliphatic carbocycles. The largest absolute Gasteiger partial charge is 0.368 e. The first kappa shape index (κ1) is 14.9. The number of hydrogen-bond acceptors (Lipinski definition) is 2. The van der Waals surface area contributed by atoms with E-state index < -0.39 is 0 Å². The third kappa shape index (κ3) is 3.09. The summed E-state index contributed by atoms with van der Waals surface area (Å²) in [5.74, 6) is 0.0804. The van der Waals surface area contributed by atoms with Gasteiger partial charge in [-0.3, -0.25) is 4.79 Å². The molecule has 1 fully saturated rings. The standard InChI is InChI=1S/C18H19ClN2O/c1-14-13-20(17-5-3-2-4-6-17)11-12-21(14)18(22)15-7-9-16(19)10-8-15/h2-10,14H,11-13H2,1H3/t14-/m1/s1. The minimum absolute atomic E-state index is 0.0804. The highest BCUT2D eigenvalue weighted by atomic mass is 35.5. The summed E-state index contributed by atoms with van der Waals surface area (Å²) in [4.78, 5) is 16.9. The van der Waals surface area contributed by atoms with E-state index in [2.05, 4.69) is 24.0 Å². The molecule has 0 aromatic heterocycles. The first-order valence-corrected chi connectivity index (χ1v) is 7.89. The average Bonchev–Trinajstić information content (AvgIpc) is 2.56. The van der Waals surface area contributed by atoms with Crippen molar-refractivity contribution < 1.29 is 4.79 Å². The van der Waals surface area contributed by atoms with Gasteiger partial charge in [0, 0.05) is 41.9 Å². The van der Waals surface area contributed by atoms with Gasteiger partial charge in [0.05, 0.1) is 0 Å². The van der Waals surface area contributed by atoms with Crippen LogP contribution in [0.5, 0.6) is 0 Å². The Morgan fingerprint density at radius 2 is 1.73 bits per heavy atom. The first-order valence-electron chi connectivity index (χ1n) is 7.51. The molecule has 2 aromatic rings. The molecule has 1 saturated heterocycles. The van der Waals surface area contributed by atoms with Crippen LogP contribution in [0.3, 0.4) is 0 Å². The van der Waals surface area contributed by atoms with Gasteiger partial charge in [0.1, 0.15) is 0 Å². The van der Waals surface area contributed by atoms with Gasteiger partial charge >= 0.3 is 0 Å². The van der Waals surface area contributed by atoms with Crippen LogP contribution in [-0.4, -0.2) is 36.5 Å². The number of rotatable bonds is 2. The fourth-order valence-corrected chi connectivity index (χ4v) is 3.02. The monoisotopic (exact) mass is 314 g/mol. The van der Waals surface area contributed by atoms with Crippen LogP contribution < -0.4 is 4.90 Å². The van der Waals surface area contributed by atoms with Crippen molar-refractivity contribution in [3.8, 4) is 0 Å². The Bertz CT molecular complexity index is 642. The summed E-state index contributed by atoms with van der Waals surface area (Å²) in [5.41, 5.74) is 1.91. The Morgan fingerprint density at radius 3 is 2.36 bits per heavy atom. The van der Waals surface area contributed by atoms with Crippen LogP contribution in [0.2, 0.25) is 5.02 Å². The normalized spacial score (nSPS) is 18.4. The van der Waals surface area contributed by atoms with Gasteiger partial charge in [-0.05, 0) is 43.3 Å². The average molecular weight is 315 g/mol. The van der Waals surface area contributed by atoms with E-state index >= 15 is 0 Å². The molecule has 0 spiro atoms. The number of carbonyl (C=O) groups is 1. The molecule has 1 amide bonds. The second-order valence-electron chi connectivity index (χ2n) is 5.64. The fraction of sp³-hybridized carbons (Fsp3) is 0.278.